The summed E-state index contributed by atoms with van der Waals surface area (Å²) in [5.41, 5.74) is 0.994. The third-order valence-corrected chi connectivity index (χ3v) is 6.05. The first-order valence-corrected chi connectivity index (χ1v) is 9.37. The summed E-state index contributed by atoms with van der Waals surface area (Å²) in [4.78, 5) is 14.5. The zero-order chi connectivity index (χ0) is 17.2. The number of carbonyl (C=O) groups is 1. The molecule has 1 aliphatic rings. The lowest BCUT2D eigenvalue weighted by atomic mass is 10.2. The van der Waals surface area contributed by atoms with Gasteiger partial charge in [0.2, 0.25) is 0 Å². The quantitative estimate of drug-likeness (QED) is 0.857. The van der Waals surface area contributed by atoms with Gasteiger partial charge < -0.3 is 4.90 Å². The smallest absolute Gasteiger partial charge is 0.264 e. The minimum Gasteiger partial charge on any atom is -0.339 e. The van der Waals surface area contributed by atoms with Crippen LogP contribution in [0.1, 0.15) is 23.2 Å². The molecule has 1 saturated heterocycles. The van der Waals surface area contributed by atoms with E-state index in [0.29, 0.717) is 11.3 Å². The van der Waals surface area contributed by atoms with Crippen LogP contribution >= 0.6 is 0 Å². The van der Waals surface area contributed by atoms with E-state index < -0.39 is 10.0 Å². The van der Waals surface area contributed by atoms with Crippen LogP contribution < -0.4 is 4.31 Å². The summed E-state index contributed by atoms with van der Waals surface area (Å²) < 4.78 is 26.6. The summed E-state index contributed by atoms with van der Waals surface area (Å²) in [5, 5.41) is 0. The molecule has 0 atom stereocenters. The molecule has 5 nitrogen and oxygen atoms in total. The van der Waals surface area contributed by atoms with Crippen LogP contribution in [0.5, 0.6) is 0 Å². The molecule has 0 radical (unpaired) electrons. The van der Waals surface area contributed by atoms with Gasteiger partial charge in [-0.15, -0.1) is 0 Å². The van der Waals surface area contributed by atoms with E-state index in [-0.39, 0.29) is 10.8 Å². The molecular weight excluding hydrogens is 324 g/mol. The van der Waals surface area contributed by atoms with Crippen LogP contribution in [-0.2, 0) is 10.0 Å². The number of amides is 1. The fourth-order valence-electron chi connectivity index (χ4n) is 2.83. The van der Waals surface area contributed by atoms with Gasteiger partial charge in [0.1, 0.15) is 0 Å². The van der Waals surface area contributed by atoms with Crippen LogP contribution in [0.4, 0.5) is 5.69 Å². The van der Waals surface area contributed by atoms with Crippen LogP contribution in [0.25, 0.3) is 0 Å². The van der Waals surface area contributed by atoms with E-state index in [1.165, 1.54) is 11.4 Å². The molecule has 0 aliphatic carbocycles. The van der Waals surface area contributed by atoms with Crippen molar-refractivity contribution in [3.63, 3.8) is 0 Å². The molecule has 0 unspecified atom stereocenters. The van der Waals surface area contributed by atoms with Gasteiger partial charge in [0, 0.05) is 25.7 Å². The number of benzene rings is 2. The summed E-state index contributed by atoms with van der Waals surface area (Å²) in [7, 11) is -2.14. The highest BCUT2D eigenvalue weighted by Gasteiger charge is 2.23. The average molecular weight is 344 g/mol. The third kappa shape index (κ3) is 3.14. The molecule has 0 spiro atoms. The van der Waals surface area contributed by atoms with Gasteiger partial charge in [-0.3, -0.25) is 9.10 Å². The van der Waals surface area contributed by atoms with Gasteiger partial charge in [0.15, 0.2) is 0 Å². The fraction of sp³-hybridized carbons (Fsp3) is 0.278. The maximum absolute atomic E-state index is 12.7. The van der Waals surface area contributed by atoms with Crippen molar-refractivity contribution >= 4 is 21.6 Å². The zero-order valence-corrected chi connectivity index (χ0v) is 14.4. The minimum absolute atomic E-state index is 0.0418. The van der Waals surface area contributed by atoms with Crippen LogP contribution in [-0.4, -0.2) is 39.4 Å². The van der Waals surface area contributed by atoms with Gasteiger partial charge in [-0.1, -0.05) is 24.3 Å². The standard InChI is InChI=1S/C18H20N2O3S/c1-19(24(22,23)17-10-3-2-4-11-17)16-9-7-8-15(14-16)18(21)20-12-5-6-13-20/h2-4,7-11,14H,5-6,12-13H2,1H3. The van der Waals surface area contributed by atoms with Crippen LogP contribution in [0.15, 0.2) is 59.5 Å². The van der Waals surface area contributed by atoms with E-state index in [1.54, 1.807) is 54.6 Å². The van der Waals surface area contributed by atoms with E-state index in [9.17, 15) is 13.2 Å². The van der Waals surface area contributed by atoms with Crippen LogP contribution in [0.2, 0.25) is 0 Å². The second-order valence-electron chi connectivity index (χ2n) is 5.84. The van der Waals surface area contributed by atoms with E-state index in [2.05, 4.69) is 0 Å². The predicted molar refractivity (Wildman–Crippen MR) is 93.6 cm³/mol. The molecule has 1 amide bonds. The molecule has 2 aromatic carbocycles. The maximum Gasteiger partial charge on any atom is 0.264 e. The molecule has 0 bridgehead atoms. The monoisotopic (exact) mass is 344 g/mol. The van der Waals surface area contributed by atoms with Gasteiger partial charge in [-0.2, -0.15) is 0 Å². The van der Waals surface area contributed by atoms with Crippen molar-refractivity contribution in [3.8, 4) is 0 Å². The number of likely N-dealkylation sites (tertiary alicyclic amines) is 1. The largest absolute Gasteiger partial charge is 0.339 e. The summed E-state index contributed by atoms with van der Waals surface area (Å²) in [6, 6.07) is 15.1. The average Bonchev–Trinajstić information content (AvgIpc) is 3.16. The summed E-state index contributed by atoms with van der Waals surface area (Å²) >= 11 is 0. The second-order valence-corrected chi connectivity index (χ2v) is 7.80. The van der Waals surface area contributed by atoms with E-state index in [1.807, 2.05) is 4.90 Å². The molecule has 0 aromatic heterocycles. The Balaban J connectivity index is 1.89. The van der Waals surface area contributed by atoms with Gasteiger partial charge in [0.05, 0.1) is 10.6 Å². The molecule has 3 rings (SSSR count). The Kier molecular flexibility index (Phi) is 4.57. The first-order valence-electron chi connectivity index (χ1n) is 7.93. The van der Waals surface area contributed by atoms with Crippen molar-refractivity contribution in [2.75, 3.05) is 24.4 Å². The number of sulfonamides is 1. The summed E-state index contributed by atoms with van der Waals surface area (Å²) in [6.45, 7) is 1.53. The Labute approximate surface area is 142 Å². The highest BCUT2D eigenvalue weighted by molar-refractivity contribution is 7.92. The Morgan fingerprint density at radius 1 is 1.00 bits per heavy atom. The van der Waals surface area contributed by atoms with Gasteiger partial charge in [0.25, 0.3) is 15.9 Å². The molecular formula is C18H20N2O3S. The Morgan fingerprint density at radius 3 is 2.33 bits per heavy atom. The number of anilines is 1. The van der Waals surface area contributed by atoms with Crippen molar-refractivity contribution in [2.24, 2.45) is 0 Å². The van der Waals surface area contributed by atoms with Crippen molar-refractivity contribution in [3.05, 3.63) is 60.2 Å². The molecule has 0 saturated carbocycles. The third-order valence-electron chi connectivity index (χ3n) is 4.25. The van der Waals surface area contributed by atoms with Gasteiger partial charge in [-0.05, 0) is 43.2 Å². The fourth-order valence-corrected chi connectivity index (χ4v) is 4.04. The number of carbonyl (C=O) groups excluding carboxylic acids is 1. The summed E-state index contributed by atoms with van der Waals surface area (Å²) in [6.07, 6.45) is 2.04. The van der Waals surface area contributed by atoms with E-state index >= 15 is 0 Å². The minimum atomic E-state index is -3.65. The molecule has 6 heteroatoms. The maximum atomic E-state index is 12.7. The molecule has 24 heavy (non-hydrogen) atoms. The highest BCUT2D eigenvalue weighted by atomic mass is 32.2. The Morgan fingerprint density at radius 2 is 1.67 bits per heavy atom. The molecule has 0 N–H and O–H groups in total. The first-order chi connectivity index (χ1) is 11.5. The molecule has 1 fully saturated rings. The SMILES string of the molecule is CN(c1cccc(C(=O)N2CCCC2)c1)S(=O)(=O)c1ccccc1. The lowest BCUT2D eigenvalue weighted by molar-refractivity contribution is 0.0793. The number of rotatable bonds is 4. The van der Waals surface area contributed by atoms with Crippen LogP contribution in [0, 0.1) is 0 Å². The van der Waals surface area contributed by atoms with E-state index in [4.69, 9.17) is 0 Å². The molecule has 1 aliphatic heterocycles. The highest BCUT2D eigenvalue weighted by Crippen LogP contribution is 2.24. The lowest BCUT2D eigenvalue weighted by Gasteiger charge is -2.21. The molecule has 126 valence electrons. The first kappa shape index (κ1) is 16.5. The van der Waals surface area contributed by atoms with Crippen molar-refractivity contribution in [2.45, 2.75) is 17.7 Å². The van der Waals surface area contributed by atoms with Crippen molar-refractivity contribution in [1.82, 2.24) is 4.90 Å². The lowest BCUT2D eigenvalue weighted by Crippen LogP contribution is -2.29. The Bertz CT molecular complexity index is 828. The number of nitrogens with zero attached hydrogens (tertiary/aromatic N) is 2. The predicted octanol–water partition coefficient (Wildman–Crippen LogP) is 2.75. The molecule has 1 heterocycles. The topological polar surface area (TPSA) is 57.7 Å². The van der Waals surface area contributed by atoms with Gasteiger partial charge in [-0.25, -0.2) is 8.42 Å². The number of hydrogen-bond donors (Lipinski definition) is 0. The van der Waals surface area contributed by atoms with Crippen molar-refractivity contribution in [1.29, 1.82) is 0 Å². The summed E-state index contributed by atoms with van der Waals surface area (Å²) in [5.74, 6) is -0.0418. The zero-order valence-electron chi connectivity index (χ0n) is 13.6. The molecule has 2 aromatic rings. The van der Waals surface area contributed by atoms with Crippen molar-refractivity contribution < 1.29 is 13.2 Å². The number of hydrogen-bond acceptors (Lipinski definition) is 3. The Hall–Kier alpha value is -2.34. The second kappa shape index (κ2) is 6.65. The van der Waals surface area contributed by atoms with Gasteiger partial charge >= 0.3 is 0 Å². The van der Waals surface area contributed by atoms with E-state index in [0.717, 1.165) is 25.9 Å². The van der Waals surface area contributed by atoms with Crippen LogP contribution in [0.3, 0.4) is 0 Å². The normalized spacial score (nSPS) is 14.6.